The lowest BCUT2D eigenvalue weighted by Gasteiger charge is -2.31. The van der Waals surface area contributed by atoms with Crippen molar-refractivity contribution in [2.75, 3.05) is 0 Å². The van der Waals surface area contributed by atoms with Crippen molar-refractivity contribution >= 4 is 34.2 Å². The molecule has 0 saturated carbocycles. The van der Waals surface area contributed by atoms with E-state index < -0.39 is 0 Å². The summed E-state index contributed by atoms with van der Waals surface area (Å²) in [6, 6.07) is 0. The van der Waals surface area contributed by atoms with Gasteiger partial charge in [0, 0.05) is 29.2 Å². The quantitative estimate of drug-likeness (QED) is 0.665. The van der Waals surface area contributed by atoms with Crippen LogP contribution >= 0.6 is 23.2 Å². The molecule has 0 saturated heterocycles. The number of halogens is 2. The second kappa shape index (κ2) is 4.25. The Bertz CT molecular complexity index is 579. The standard InChI is InChI=1S/C13H13Cl2N3/c1-3-8-4-7(2)17-18-12(8)10-5-9(14)6-11(10)16-13(18)15/h5H,3-4,6H2,1-2H3. The first-order valence-corrected chi connectivity index (χ1v) is 6.75. The molecule has 0 atom stereocenters. The van der Waals surface area contributed by atoms with Gasteiger partial charge in [-0.2, -0.15) is 5.10 Å². The molecule has 0 amide bonds. The van der Waals surface area contributed by atoms with Crippen molar-refractivity contribution in [3.63, 3.8) is 0 Å². The zero-order valence-electron chi connectivity index (χ0n) is 10.3. The van der Waals surface area contributed by atoms with Crippen molar-refractivity contribution in [2.45, 2.75) is 33.1 Å². The summed E-state index contributed by atoms with van der Waals surface area (Å²) in [7, 11) is 0. The van der Waals surface area contributed by atoms with E-state index in [1.807, 2.05) is 13.0 Å². The SMILES string of the molecule is CCC1=C2C3=C(CC(Cl)=C3)N=C(Cl)N2N=C(C)C1. The third-order valence-electron chi connectivity index (χ3n) is 3.32. The molecule has 5 heteroatoms. The van der Waals surface area contributed by atoms with E-state index in [1.54, 1.807) is 5.01 Å². The molecular weight excluding hydrogens is 269 g/mol. The Morgan fingerprint density at radius 2 is 2.11 bits per heavy atom. The predicted octanol–water partition coefficient (Wildman–Crippen LogP) is 4.12. The highest BCUT2D eigenvalue weighted by Crippen LogP contribution is 2.41. The number of hydrogen-bond donors (Lipinski definition) is 0. The van der Waals surface area contributed by atoms with E-state index in [0.717, 1.165) is 40.6 Å². The molecule has 0 fully saturated rings. The third kappa shape index (κ3) is 1.73. The lowest BCUT2D eigenvalue weighted by molar-refractivity contribution is 0.536. The molecule has 0 N–H and O–H groups in total. The minimum atomic E-state index is 0.411. The summed E-state index contributed by atoms with van der Waals surface area (Å²) in [5.41, 5.74) is 5.51. The Morgan fingerprint density at radius 1 is 1.33 bits per heavy atom. The van der Waals surface area contributed by atoms with Crippen molar-refractivity contribution in [3.05, 3.63) is 33.6 Å². The van der Waals surface area contributed by atoms with Crippen molar-refractivity contribution in [2.24, 2.45) is 10.1 Å². The molecule has 0 aromatic heterocycles. The van der Waals surface area contributed by atoms with Crippen LogP contribution < -0.4 is 0 Å². The maximum absolute atomic E-state index is 6.23. The van der Waals surface area contributed by atoms with Crippen LogP contribution in [0, 0.1) is 0 Å². The molecule has 3 nitrogen and oxygen atoms in total. The second-order valence-corrected chi connectivity index (χ2v) is 5.46. The monoisotopic (exact) mass is 281 g/mol. The summed E-state index contributed by atoms with van der Waals surface area (Å²) < 4.78 is 0. The summed E-state index contributed by atoms with van der Waals surface area (Å²) in [5, 5.41) is 7.45. The fourth-order valence-electron chi connectivity index (χ4n) is 2.54. The number of hydrogen-bond acceptors (Lipinski definition) is 3. The van der Waals surface area contributed by atoms with Crippen LogP contribution in [0.15, 0.2) is 43.7 Å². The minimum Gasteiger partial charge on any atom is -0.222 e. The Morgan fingerprint density at radius 3 is 2.83 bits per heavy atom. The van der Waals surface area contributed by atoms with E-state index >= 15 is 0 Å². The van der Waals surface area contributed by atoms with Gasteiger partial charge in [0.05, 0.1) is 11.4 Å². The van der Waals surface area contributed by atoms with Gasteiger partial charge in [0.2, 0.25) is 5.29 Å². The van der Waals surface area contributed by atoms with Gasteiger partial charge in [0.25, 0.3) is 0 Å². The highest BCUT2D eigenvalue weighted by Gasteiger charge is 2.32. The Labute approximate surface area is 116 Å². The summed E-state index contributed by atoms with van der Waals surface area (Å²) in [4.78, 5) is 4.39. The van der Waals surface area contributed by atoms with Crippen LogP contribution in [0.1, 0.15) is 33.1 Å². The van der Waals surface area contributed by atoms with Gasteiger partial charge in [0.1, 0.15) is 0 Å². The summed E-state index contributed by atoms with van der Waals surface area (Å²) in [6.45, 7) is 4.16. The normalized spacial score (nSPS) is 22.7. The highest BCUT2D eigenvalue weighted by molar-refractivity contribution is 6.65. The van der Waals surface area contributed by atoms with Gasteiger partial charge in [-0.05, 0) is 36.6 Å². The van der Waals surface area contributed by atoms with Gasteiger partial charge < -0.3 is 0 Å². The first-order valence-electron chi connectivity index (χ1n) is 6.00. The topological polar surface area (TPSA) is 28.0 Å². The molecule has 0 bridgehead atoms. The number of allylic oxidation sites excluding steroid dienone is 3. The number of amidine groups is 1. The molecule has 0 spiro atoms. The lowest BCUT2D eigenvalue weighted by Crippen LogP contribution is -2.30. The van der Waals surface area contributed by atoms with Crippen LogP contribution in [0.2, 0.25) is 0 Å². The molecule has 2 aliphatic heterocycles. The van der Waals surface area contributed by atoms with Crippen LogP contribution in [-0.2, 0) is 0 Å². The Hall–Kier alpha value is -1.06. The number of fused-ring (bicyclic) bond motifs is 2. The van der Waals surface area contributed by atoms with Crippen molar-refractivity contribution in [1.29, 1.82) is 0 Å². The minimum absolute atomic E-state index is 0.411. The molecule has 18 heavy (non-hydrogen) atoms. The van der Waals surface area contributed by atoms with Crippen molar-refractivity contribution in [3.8, 4) is 0 Å². The number of hydrazone groups is 1. The van der Waals surface area contributed by atoms with Gasteiger partial charge in [-0.25, -0.2) is 10.0 Å². The maximum atomic E-state index is 6.23. The van der Waals surface area contributed by atoms with E-state index in [-0.39, 0.29) is 0 Å². The fraction of sp³-hybridized carbons (Fsp3) is 0.385. The third-order valence-corrected chi connectivity index (χ3v) is 3.81. The fourth-order valence-corrected chi connectivity index (χ4v) is 3.00. The van der Waals surface area contributed by atoms with Gasteiger partial charge in [-0.15, -0.1) is 0 Å². The van der Waals surface area contributed by atoms with Gasteiger partial charge >= 0.3 is 0 Å². The van der Waals surface area contributed by atoms with Gasteiger partial charge in [-0.3, -0.25) is 0 Å². The highest BCUT2D eigenvalue weighted by atomic mass is 35.5. The van der Waals surface area contributed by atoms with Crippen LogP contribution in [-0.4, -0.2) is 16.0 Å². The van der Waals surface area contributed by atoms with Crippen LogP contribution in [0.5, 0.6) is 0 Å². The molecule has 3 rings (SSSR count). The van der Waals surface area contributed by atoms with E-state index in [0.29, 0.717) is 11.7 Å². The van der Waals surface area contributed by atoms with Crippen LogP contribution in [0.25, 0.3) is 0 Å². The molecule has 3 aliphatic rings. The lowest BCUT2D eigenvalue weighted by atomic mass is 9.97. The Balaban J connectivity index is 2.18. The van der Waals surface area contributed by atoms with E-state index in [4.69, 9.17) is 23.2 Å². The smallest absolute Gasteiger partial charge is 0.222 e. The molecule has 0 aromatic carbocycles. The molecule has 94 valence electrons. The molecule has 2 heterocycles. The largest absolute Gasteiger partial charge is 0.224 e. The van der Waals surface area contributed by atoms with Crippen molar-refractivity contribution in [1.82, 2.24) is 5.01 Å². The zero-order chi connectivity index (χ0) is 12.9. The molecule has 0 radical (unpaired) electrons. The van der Waals surface area contributed by atoms with Crippen LogP contribution in [0.3, 0.4) is 0 Å². The summed E-state index contributed by atoms with van der Waals surface area (Å²) in [5.74, 6) is 0. The number of aliphatic imine (C=N–C) groups is 1. The van der Waals surface area contributed by atoms with Gasteiger partial charge in [0.15, 0.2) is 0 Å². The first-order chi connectivity index (χ1) is 8.60. The first kappa shape index (κ1) is 12.0. The number of rotatable bonds is 1. The average Bonchev–Trinajstić information content (AvgIpc) is 2.68. The predicted molar refractivity (Wildman–Crippen MR) is 75.7 cm³/mol. The van der Waals surface area contributed by atoms with E-state index in [2.05, 4.69) is 17.0 Å². The van der Waals surface area contributed by atoms with Gasteiger partial charge in [-0.1, -0.05) is 18.5 Å². The second-order valence-electron chi connectivity index (χ2n) is 4.64. The molecular formula is C13H13Cl2N3. The number of nitrogens with zero attached hydrogens (tertiary/aromatic N) is 3. The Kier molecular flexibility index (Phi) is 2.83. The maximum Gasteiger partial charge on any atom is 0.224 e. The van der Waals surface area contributed by atoms with Crippen molar-refractivity contribution < 1.29 is 0 Å². The molecule has 0 aromatic rings. The molecule has 1 aliphatic carbocycles. The molecule has 0 unspecified atom stereocenters. The average molecular weight is 282 g/mol. The zero-order valence-corrected chi connectivity index (χ0v) is 11.8. The summed E-state index contributed by atoms with van der Waals surface area (Å²) >= 11 is 12.3. The van der Waals surface area contributed by atoms with Crippen LogP contribution in [0.4, 0.5) is 0 Å². The van der Waals surface area contributed by atoms with E-state index in [9.17, 15) is 0 Å². The summed E-state index contributed by atoms with van der Waals surface area (Å²) in [6.07, 6.45) is 4.53. The van der Waals surface area contributed by atoms with E-state index in [1.165, 1.54) is 5.57 Å².